The number of halogens is 1. The normalized spacial score (nSPS) is 15.0. The van der Waals surface area contributed by atoms with Gasteiger partial charge in [-0.1, -0.05) is 0 Å². The van der Waals surface area contributed by atoms with Gasteiger partial charge in [-0.3, -0.25) is 14.2 Å². The van der Waals surface area contributed by atoms with Gasteiger partial charge in [0.15, 0.2) is 0 Å². The van der Waals surface area contributed by atoms with Crippen molar-refractivity contribution in [1.82, 2.24) is 14.9 Å². The van der Waals surface area contributed by atoms with Crippen molar-refractivity contribution in [2.45, 2.75) is 25.4 Å². The zero-order valence-electron chi connectivity index (χ0n) is 7.94. The zero-order chi connectivity index (χ0) is 10.8. The van der Waals surface area contributed by atoms with Crippen LogP contribution in [-0.4, -0.2) is 21.5 Å². The van der Waals surface area contributed by atoms with Crippen molar-refractivity contribution in [2.75, 3.05) is 0 Å². The second-order valence-corrected chi connectivity index (χ2v) is 4.68. The van der Waals surface area contributed by atoms with Gasteiger partial charge in [0.2, 0.25) is 5.91 Å². The van der Waals surface area contributed by atoms with E-state index >= 15 is 0 Å². The zero-order valence-corrected chi connectivity index (χ0v) is 10.1. The van der Waals surface area contributed by atoms with Gasteiger partial charge < -0.3 is 5.32 Å². The fraction of sp³-hybridized carbons (Fsp3) is 0.444. The van der Waals surface area contributed by atoms with Crippen LogP contribution in [0.25, 0.3) is 0 Å². The summed E-state index contributed by atoms with van der Waals surface area (Å²) in [4.78, 5) is 26.8. The van der Waals surface area contributed by atoms with Crippen molar-refractivity contribution in [2.24, 2.45) is 0 Å². The van der Waals surface area contributed by atoms with Crippen LogP contribution >= 0.6 is 22.6 Å². The standard InChI is InChI=1S/C9H10IN3O2/c10-7-3-11-5-13(9(7)15)4-8(14)12-6-1-2-6/h3,5-6H,1-2,4H2,(H,12,14). The molecule has 1 N–H and O–H groups in total. The van der Waals surface area contributed by atoms with E-state index in [1.165, 1.54) is 17.1 Å². The smallest absolute Gasteiger partial charge is 0.267 e. The summed E-state index contributed by atoms with van der Waals surface area (Å²) in [5, 5.41) is 2.82. The molecule has 80 valence electrons. The maximum Gasteiger partial charge on any atom is 0.267 e. The second kappa shape index (κ2) is 4.30. The topological polar surface area (TPSA) is 64.0 Å². The largest absolute Gasteiger partial charge is 0.352 e. The quantitative estimate of drug-likeness (QED) is 0.806. The van der Waals surface area contributed by atoms with E-state index in [0.717, 1.165) is 12.8 Å². The molecule has 0 aliphatic heterocycles. The number of nitrogens with one attached hydrogen (secondary N) is 1. The Morgan fingerprint density at radius 2 is 2.40 bits per heavy atom. The molecule has 0 saturated heterocycles. The Kier molecular flexibility index (Phi) is 3.03. The molecule has 15 heavy (non-hydrogen) atoms. The number of nitrogens with zero attached hydrogens (tertiary/aromatic N) is 2. The number of carbonyl (C=O) groups is 1. The van der Waals surface area contributed by atoms with Crippen molar-refractivity contribution in [1.29, 1.82) is 0 Å². The summed E-state index contributed by atoms with van der Waals surface area (Å²) in [6, 6.07) is 0.323. The SMILES string of the molecule is O=C(Cn1cncc(I)c1=O)NC1CC1. The van der Waals surface area contributed by atoms with E-state index in [4.69, 9.17) is 0 Å². The molecule has 1 aliphatic carbocycles. The van der Waals surface area contributed by atoms with Crippen LogP contribution < -0.4 is 10.9 Å². The van der Waals surface area contributed by atoms with E-state index in [2.05, 4.69) is 10.3 Å². The number of aromatic nitrogens is 2. The van der Waals surface area contributed by atoms with Gasteiger partial charge in [-0.05, 0) is 35.4 Å². The van der Waals surface area contributed by atoms with Crippen LogP contribution in [0, 0.1) is 3.57 Å². The summed E-state index contributed by atoms with van der Waals surface area (Å²) >= 11 is 1.91. The summed E-state index contributed by atoms with van der Waals surface area (Å²) in [7, 11) is 0. The average Bonchev–Trinajstić information content (AvgIpc) is 2.97. The third kappa shape index (κ3) is 2.77. The highest BCUT2D eigenvalue weighted by Crippen LogP contribution is 2.18. The molecule has 6 heteroatoms. The first-order chi connectivity index (χ1) is 7.16. The summed E-state index contributed by atoms with van der Waals surface area (Å²) in [5.74, 6) is -0.122. The van der Waals surface area contributed by atoms with Crippen LogP contribution in [0.3, 0.4) is 0 Å². The molecule has 1 heterocycles. The highest BCUT2D eigenvalue weighted by atomic mass is 127. The minimum atomic E-state index is -0.170. The Labute approximate surface area is 100 Å². The highest BCUT2D eigenvalue weighted by Gasteiger charge is 2.23. The molecule has 1 amide bonds. The van der Waals surface area contributed by atoms with Gasteiger partial charge in [0.05, 0.1) is 9.90 Å². The lowest BCUT2D eigenvalue weighted by atomic mass is 10.5. The molecule has 1 aromatic rings. The molecule has 0 radical (unpaired) electrons. The first kappa shape index (κ1) is 10.6. The van der Waals surface area contributed by atoms with E-state index in [1.807, 2.05) is 22.6 Å². The maximum atomic E-state index is 11.5. The lowest BCUT2D eigenvalue weighted by molar-refractivity contribution is -0.121. The highest BCUT2D eigenvalue weighted by molar-refractivity contribution is 14.1. The number of hydrogen-bond donors (Lipinski definition) is 1. The number of hydrogen-bond acceptors (Lipinski definition) is 3. The van der Waals surface area contributed by atoms with Crippen LogP contribution in [0.2, 0.25) is 0 Å². The molecule has 0 unspecified atom stereocenters. The van der Waals surface area contributed by atoms with E-state index in [1.54, 1.807) is 0 Å². The van der Waals surface area contributed by atoms with E-state index < -0.39 is 0 Å². The minimum Gasteiger partial charge on any atom is -0.352 e. The molecular weight excluding hydrogens is 309 g/mol. The fourth-order valence-corrected chi connectivity index (χ4v) is 1.66. The molecule has 1 saturated carbocycles. The molecule has 0 atom stereocenters. The van der Waals surface area contributed by atoms with E-state index in [9.17, 15) is 9.59 Å². The first-order valence-corrected chi connectivity index (χ1v) is 5.74. The van der Waals surface area contributed by atoms with Crippen LogP contribution in [-0.2, 0) is 11.3 Å². The second-order valence-electron chi connectivity index (χ2n) is 3.52. The molecule has 0 bridgehead atoms. The lowest BCUT2D eigenvalue weighted by Crippen LogP contribution is -2.34. The number of amides is 1. The predicted octanol–water partition coefficient (Wildman–Crippen LogP) is 0.126. The van der Waals surface area contributed by atoms with E-state index in [0.29, 0.717) is 9.61 Å². The number of carbonyl (C=O) groups excluding carboxylic acids is 1. The Bertz CT molecular complexity index is 439. The summed E-state index contributed by atoms with van der Waals surface area (Å²) in [6.45, 7) is 0.0547. The monoisotopic (exact) mass is 319 g/mol. The number of rotatable bonds is 3. The summed E-state index contributed by atoms with van der Waals surface area (Å²) < 4.78 is 1.84. The van der Waals surface area contributed by atoms with Gasteiger partial charge in [0, 0.05) is 12.2 Å². The molecule has 1 fully saturated rings. The van der Waals surface area contributed by atoms with Crippen LogP contribution in [0.5, 0.6) is 0 Å². The molecule has 5 nitrogen and oxygen atoms in total. The van der Waals surface area contributed by atoms with E-state index in [-0.39, 0.29) is 18.0 Å². The van der Waals surface area contributed by atoms with Gasteiger partial charge in [0.1, 0.15) is 6.54 Å². The van der Waals surface area contributed by atoms with Crippen molar-refractivity contribution < 1.29 is 4.79 Å². The van der Waals surface area contributed by atoms with Crippen molar-refractivity contribution >= 4 is 28.5 Å². The maximum absolute atomic E-state index is 11.5. The first-order valence-electron chi connectivity index (χ1n) is 4.66. The molecule has 0 aromatic carbocycles. The minimum absolute atomic E-state index is 0.0547. The molecule has 0 spiro atoms. The van der Waals surface area contributed by atoms with Crippen LogP contribution in [0.4, 0.5) is 0 Å². The van der Waals surface area contributed by atoms with Crippen molar-refractivity contribution in [3.63, 3.8) is 0 Å². The third-order valence-corrected chi connectivity index (χ3v) is 2.86. The average molecular weight is 319 g/mol. The Morgan fingerprint density at radius 1 is 1.67 bits per heavy atom. The van der Waals surface area contributed by atoms with Gasteiger partial charge >= 0.3 is 0 Å². The Hall–Kier alpha value is -0.920. The van der Waals surface area contributed by atoms with Crippen molar-refractivity contribution in [3.05, 3.63) is 26.4 Å². The summed E-state index contributed by atoms with van der Waals surface area (Å²) in [5.41, 5.74) is -0.170. The molecular formula is C9H10IN3O2. The molecule has 1 aromatic heterocycles. The van der Waals surface area contributed by atoms with Crippen LogP contribution in [0.15, 0.2) is 17.3 Å². The summed E-state index contributed by atoms with van der Waals surface area (Å²) in [6.07, 6.45) is 4.96. The Morgan fingerprint density at radius 3 is 3.07 bits per heavy atom. The van der Waals surface area contributed by atoms with Crippen LogP contribution in [0.1, 0.15) is 12.8 Å². The van der Waals surface area contributed by atoms with Gasteiger partial charge in [-0.15, -0.1) is 0 Å². The fourth-order valence-electron chi connectivity index (χ4n) is 1.19. The third-order valence-electron chi connectivity index (χ3n) is 2.12. The van der Waals surface area contributed by atoms with Crippen molar-refractivity contribution in [3.8, 4) is 0 Å². The molecule has 1 aliphatic rings. The lowest BCUT2D eigenvalue weighted by Gasteiger charge is -2.05. The van der Waals surface area contributed by atoms with Gasteiger partial charge in [-0.25, -0.2) is 4.98 Å². The van der Waals surface area contributed by atoms with Gasteiger partial charge in [0.25, 0.3) is 5.56 Å². The van der Waals surface area contributed by atoms with Gasteiger partial charge in [-0.2, -0.15) is 0 Å². The Balaban J connectivity index is 2.06. The molecule has 2 rings (SSSR count). The predicted molar refractivity (Wildman–Crippen MR) is 62.4 cm³/mol.